The van der Waals surface area contributed by atoms with Crippen LogP contribution in [0.5, 0.6) is 5.75 Å². The molecule has 2 aromatic carbocycles. The Bertz CT molecular complexity index is 931. The molecule has 0 fully saturated rings. The van der Waals surface area contributed by atoms with E-state index in [9.17, 15) is 9.59 Å². The van der Waals surface area contributed by atoms with Crippen molar-refractivity contribution in [2.45, 2.75) is 20.8 Å². The number of nitrogens with zero attached hydrogens (tertiary/aromatic N) is 1. The van der Waals surface area contributed by atoms with Crippen molar-refractivity contribution >= 4 is 52.2 Å². The van der Waals surface area contributed by atoms with Gasteiger partial charge in [-0.25, -0.2) is 4.79 Å². The van der Waals surface area contributed by atoms with Gasteiger partial charge in [0.1, 0.15) is 12.4 Å². The zero-order valence-corrected chi connectivity index (χ0v) is 17.3. The number of ether oxygens (including phenoxy) is 1. The van der Waals surface area contributed by atoms with E-state index in [1.165, 1.54) is 0 Å². The molecule has 3 amide bonds. The van der Waals surface area contributed by atoms with Gasteiger partial charge in [-0.05, 0) is 51.1 Å². The zero-order chi connectivity index (χ0) is 20.5. The van der Waals surface area contributed by atoms with Crippen LogP contribution in [0.2, 0.25) is 10.0 Å². The molecule has 6 nitrogen and oxygen atoms in total. The number of hydrogen-bond acceptors (Lipinski definition) is 3. The number of carbonyl (C=O) groups excluding carboxylic acids is 2. The SMILES string of the molecule is CCN1C(=O)C(C)(C)COc2cc(NC(=O)Nc3ccc(Cl)c(Cl)c3)ccc21. The van der Waals surface area contributed by atoms with Gasteiger partial charge < -0.3 is 20.3 Å². The van der Waals surface area contributed by atoms with Crippen LogP contribution < -0.4 is 20.3 Å². The Morgan fingerprint density at radius 3 is 2.39 bits per heavy atom. The summed E-state index contributed by atoms with van der Waals surface area (Å²) in [5, 5.41) is 6.21. The number of amides is 3. The van der Waals surface area contributed by atoms with Crippen LogP contribution in [-0.2, 0) is 4.79 Å². The van der Waals surface area contributed by atoms with Crippen LogP contribution in [0, 0.1) is 5.41 Å². The van der Waals surface area contributed by atoms with Gasteiger partial charge in [0.25, 0.3) is 0 Å². The molecule has 148 valence electrons. The van der Waals surface area contributed by atoms with Gasteiger partial charge >= 0.3 is 6.03 Å². The van der Waals surface area contributed by atoms with Gasteiger partial charge in [0.15, 0.2) is 0 Å². The minimum Gasteiger partial charge on any atom is -0.490 e. The molecule has 0 spiro atoms. The smallest absolute Gasteiger partial charge is 0.323 e. The van der Waals surface area contributed by atoms with E-state index in [4.69, 9.17) is 27.9 Å². The first kappa shape index (κ1) is 20.3. The molecule has 2 N–H and O–H groups in total. The Balaban J connectivity index is 1.78. The first-order valence-corrected chi connectivity index (χ1v) is 9.59. The first-order valence-electron chi connectivity index (χ1n) is 8.83. The molecule has 8 heteroatoms. The molecule has 0 unspecified atom stereocenters. The number of nitrogens with one attached hydrogen (secondary N) is 2. The Labute approximate surface area is 173 Å². The van der Waals surface area contributed by atoms with Crippen LogP contribution in [0.25, 0.3) is 0 Å². The van der Waals surface area contributed by atoms with E-state index in [0.29, 0.717) is 39.4 Å². The summed E-state index contributed by atoms with van der Waals surface area (Å²) in [6.45, 7) is 6.42. The van der Waals surface area contributed by atoms with Crippen molar-refractivity contribution in [3.8, 4) is 5.75 Å². The Morgan fingerprint density at radius 1 is 1.11 bits per heavy atom. The average molecular weight is 422 g/mol. The summed E-state index contributed by atoms with van der Waals surface area (Å²) in [6.07, 6.45) is 0. The highest BCUT2D eigenvalue weighted by atomic mass is 35.5. The number of carbonyl (C=O) groups is 2. The number of fused-ring (bicyclic) bond motifs is 1. The van der Waals surface area contributed by atoms with Crippen LogP contribution in [0.1, 0.15) is 20.8 Å². The third kappa shape index (κ3) is 4.18. The Morgan fingerprint density at radius 2 is 1.75 bits per heavy atom. The van der Waals surface area contributed by atoms with Crippen LogP contribution in [0.15, 0.2) is 36.4 Å². The van der Waals surface area contributed by atoms with Crippen molar-refractivity contribution in [1.29, 1.82) is 0 Å². The van der Waals surface area contributed by atoms with Gasteiger partial charge in [-0.1, -0.05) is 23.2 Å². The summed E-state index contributed by atoms with van der Waals surface area (Å²) >= 11 is 11.8. The highest BCUT2D eigenvalue weighted by Crippen LogP contribution is 2.38. The Hall–Kier alpha value is -2.44. The predicted molar refractivity (Wildman–Crippen MR) is 113 cm³/mol. The molecule has 0 aliphatic carbocycles. The molecule has 0 saturated heterocycles. The molecule has 3 rings (SSSR count). The fourth-order valence-corrected chi connectivity index (χ4v) is 3.20. The highest BCUT2D eigenvalue weighted by Gasteiger charge is 2.37. The standard InChI is InChI=1S/C20H21Cl2N3O3/c1-4-25-16-8-6-13(10-17(16)28-11-20(2,3)18(25)26)24-19(27)23-12-5-7-14(21)15(22)9-12/h5-10H,4,11H2,1-3H3,(H2,23,24,27). The molecule has 0 atom stereocenters. The third-order valence-corrected chi connectivity index (χ3v) is 5.15. The first-order chi connectivity index (χ1) is 13.2. The highest BCUT2D eigenvalue weighted by molar-refractivity contribution is 6.42. The van der Waals surface area contributed by atoms with E-state index in [2.05, 4.69) is 10.6 Å². The van der Waals surface area contributed by atoms with Crippen LogP contribution >= 0.6 is 23.2 Å². The van der Waals surface area contributed by atoms with E-state index in [1.54, 1.807) is 41.3 Å². The third-order valence-electron chi connectivity index (χ3n) is 4.41. The summed E-state index contributed by atoms with van der Waals surface area (Å²) in [6, 6.07) is 9.60. The predicted octanol–water partition coefficient (Wildman–Crippen LogP) is 5.41. The van der Waals surface area contributed by atoms with Gasteiger partial charge in [0.05, 0.1) is 21.1 Å². The summed E-state index contributed by atoms with van der Waals surface area (Å²) in [4.78, 5) is 26.7. The average Bonchev–Trinajstić information content (AvgIpc) is 2.73. The molecular weight excluding hydrogens is 401 g/mol. The number of anilines is 3. The van der Waals surface area contributed by atoms with E-state index < -0.39 is 11.4 Å². The molecule has 0 aromatic heterocycles. The van der Waals surface area contributed by atoms with Crippen molar-refractivity contribution < 1.29 is 14.3 Å². The van der Waals surface area contributed by atoms with Crippen LogP contribution in [0.3, 0.4) is 0 Å². The second-order valence-corrected chi connectivity index (χ2v) is 7.93. The van der Waals surface area contributed by atoms with Gasteiger partial charge in [-0.3, -0.25) is 4.79 Å². The Kier molecular flexibility index (Phi) is 5.72. The van der Waals surface area contributed by atoms with E-state index >= 15 is 0 Å². The lowest BCUT2D eigenvalue weighted by Crippen LogP contribution is -2.42. The molecule has 0 radical (unpaired) electrons. The molecule has 28 heavy (non-hydrogen) atoms. The largest absolute Gasteiger partial charge is 0.490 e. The quantitative estimate of drug-likeness (QED) is 0.695. The van der Waals surface area contributed by atoms with E-state index in [0.717, 1.165) is 0 Å². The lowest BCUT2D eigenvalue weighted by molar-refractivity contribution is -0.127. The van der Waals surface area contributed by atoms with Crippen molar-refractivity contribution in [1.82, 2.24) is 0 Å². The number of benzene rings is 2. The van der Waals surface area contributed by atoms with Crippen LogP contribution in [-0.4, -0.2) is 25.1 Å². The van der Waals surface area contributed by atoms with Gasteiger partial charge in [-0.15, -0.1) is 0 Å². The topological polar surface area (TPSA) is 70.7 Å². The fourth-order valence-electron chi connectivity index (χ4n) is 2.91. The zero-order valence-electron chi connectivity index (χ0n) is 15.8. The summed E-state index contributed by atoms with van der Waals surface area (Å²) in [7, 11) is 0. The number of hydrogen-bond donors (Lipinski definition) is 2. The summed E-state index contributed by atoms with van der Waals surface area (Å²) < 4.78 is 5.87. The lowest BCUT2D eigenvalue weighted by Gasteiger charge is -2.26. The second kappa shape index (κ2) is 7.89. The molecule has 1 aliphatic rings. The molecular formula is C20H21Cl2N3O3. The maximum absolute atomic E-state index is 12.7. The second-order valence-electron chi connectivity index (χ2n) is 7.11. The number of rotatable bonds is 3. The van der Waals surface area contributed by atoms with Crippen molar-refractivity contribution in [2.75, 3.05) is 28.7 Å². The monoisotopic (exact) mass is 421 g/mol. The van der Waals surface area contributed by atoms with Gasteiger partial charge in [-0.2, -0.15) is 0 Å². The molecule has 2 aromatic rings. The maximum atomic E-state index is 12.7. The van der Waals surface area contributed by atoms with Gasteiger partial charge in [0, 0.05) is 24.0 Å². The summed E-state index contributed by atoms with van der Waals surface area (Å²) in [5.74, 6) is 0.555. The number of halogens is 2. The van der Waals surface area contributed by atoms with E-state index in [-0.39, 0.29) is 12.5 Å². The summed E-state index contributed by atoms with van der Waals surface area (Å²) in [5.41, 5.74) is 1.11. The van der Waals surface area contributed by atoms with Crippen molar-refractivity contribution in [3.63, 3.8) is 0 Å². The van der Waals surface area contributed by atoms with Crippen molar-refractivity contribution in [3.05, 3.63) is 46.4 Å². The van der Waals surface area contributed by atoms with Gasteiger partial charge in [0.2, 0.25) is 5.91 Å². The molecule has 1 heterocycles. The molecule has 1 aliphatic heterocycles. The lowest BCUT2D eigenvalue weighted by atomic mass is 9.93. The van der Waals surface area contributed by atoms with Crippen molar-refractivity contribution in [2.24, 2.45) is 5.41 Å². The van der Waals surface area contributed by atoms with Crippen LogP contribution in [0.4, 0.5) is 21.9 Å². The fraction of sp³-hybridized carbons (Fsp3) is 0.300. The van der Waals surface area contributed by atoms with E-state index in [1.807, 2.05) is 20.8 Å². The minimum absolute atomic E-state index is 0.00631. The molecule has 0 saturated carbocycles. The maximum Gasteiger partial charge on any atom is 0.323 e. The molecule has 0 bridgehead atoms. The number of urea groups is 1. The minimum atomic E-state index is -0.631. The normalized spacial score (nSPS) is 15.3.